The first-order chi connectivity index (χ1) is 8.81. The minimum absolute atomic E-state index is 0.00254. The lowest BCUT2D eigenvalue weighted by Gasteiger charge is -2.04. The number of hydrogen-bond donors (Lipinski definition) is 4. The van der Waals surface area contributed by atoms with Crippen molar-refractivity contribution in [2.45, 2.75) is 10.6 Å². The molecule has 10 heteroatoms. The Morgan fingerprint density at radius 1 is 1.32 bits per heavy atom. The van der Waals surface area contributed by atoms with Crippen LogP contribution in [0.3, 0.4) is 0 Å². The molecule has 0 bridgehead atoms. The van der Waals surface area contributed by atoms with Gasteiger partial charge < -0.3 is 16.2 Å². The van der Waals surface area contributed by atoms with Crippen LogP contribution in [0.25, 0.3) is 0 Å². The number of rotatable bonds is 7. The molecule has 0 unspecified atom stereocenters. The van der Waals surface area contributed by atoms with Crippen LogP contribution in [0, 0.1) is 0 Å². The van der Waals surface area contributed by atoms with E-state index in [4.69, 9.17) is 10.8 Å². The fourth-order valence-electron chi connectivity index (χ4n) is 1.19. The van der Waals surface area contributed by atoms with Gasteiger partial charge in [-0.25, -0.2) is 17.9 Å². The minimum atomic E-state index is -3.69. The van der Waals surface area contributed by atoms with E-state index in [-0.39, 0.29) is 23.7 Å². The van der Waals surface area contributed by atoms with Crippen molar-refractivity contribution in [3.05, 3.63) is 17.0 Å². The molecule has 106 valence electrons. The van der Waals surface area contributed by atoms with Crippen LogP contribution < -0.4 is 15.8 Å². The monoisotopic (exact) mass is 307 g/mol. The molecule has 0 radical (unpaired) electrons. The van der Waals surface area contributed by atoms with Gasteiger partial charge in [0.1, 0.15) is 4.21 Å². The second-order valence-electron chi connectivity index (χ2n) is 3.48. The lowest BCUT2D eigenvalue weighted by molar-refractivity contribution is -0.136. The molecule has 2 amide bonds. The number of primary amides is 1. The van der Waals surface area contributed by atoms with E-state index in [1.54, 1.807) is 0 Å². The van der Waals surface area contributed by atoms with Gasteiger partial charge >= 0.3 is 12.0 Å². The highest BCUT2D eigenvalue weighted by Gasteiger charge is 2.17. The van der Waals surface area contributed by atoms with Crippen LogP contribution in [0.15, 0.2) is 16.3 Å². The van der Waals surface area contributed by atoms with Gasteiger partial charge in [-0.2, -0.15) is 0 Å². The third-order valence-electron chi connectivity index (χ3n) is 1.94. The number of urea groups is 1. The van der Waals surface area contributed by atoms with Gasteiger partial charge in [0, 0.05) is 18.0 Å². The third kappa shape index (κ3) is 5.24. The molecule has 1 rings (SSSR count). The summed E-state index contributed by atoms with van der Waals surface area (Å²) in [7, 11) is -3.69. The minimum Gasteiger partial charge on any atom is -0.481 e. The van der Waals surface area contributed by atoms with E-state index in [1.807, 2.05) is 0 Å². The molecular weight excluding hydrogens is 294 g/mol. The lowest BCUT2D eigenvalue weighted by atomic mass is 10.3. The Kier molecular flexibility index (Phi) is 5.27. The first kappa shape index (κ1) is 15.4. The van der Waals surface area contributed by atoms with E-state index >= 15 is 0 Å². The number of carbonyl (C=O) groups excluding carboxylic acids is 1. The SMILES string of the molecule is NC(=O)NCCNS(=O)(=O)c1ccc(CC(=O)O)s1. The normalized spacial score (nSPS) is 11.2. The first-order valence-corrected chi connectivity index (χ1v) is 7.44. The van der Waals surface area contributed by atoms with Crippen molar-refractivity contribution in [3.63, 3.8) is 0 Å². The summed E-state index contributed by atoms with van der Waals surface area (Å²) in [6.07, 6.45) is -0.219. The summed E-state index contributed by atoms with van der Waals surface area (Å²) < 4.78 is 25.9. The van der Waals surface area contributed by atoms with Crippen molar-refractivity contribution in [3.8, 4) is 0 Å². The number of carbonyl (C=O) groups is 2. The molecule has 1 heterocycles. The number of carboxylic acids is 1. The van der Waals surface area contributed by atoms with E-state index in [1.165, 1.54) is 12.1 Å². The third-order valence-corrected chi connectivity index (χ3v) is 4.98. The zero-order valence-corrected chi connectivity index (χ0v) is 11.4. The van der Waals surface area contributed by atoms with Crippen LogP contribution in [0.5, 0.6) is 0 Å². The largest absolute Gasteiger partial charge is 0.481 e. The van der Waals surface area contributed by atoms with Gasteiger partial charge in [-0.1, -0.05) is 0 Å². The van der Waals surface area contributed by atoms with Crippen LogP contribution in [0.1, 0.15) is 4.88 Å². The van der Waals surface area contributed by atoms with Crippen LogP contribution in [0.2, 0.25) is 0 Å². The van der Waals surface area contributed by atoms with Crippen molar-refractivity contribution >= 4 is 33.4 Å². The quantitative estimate of drug-likeness (QED) is 0.494. The predicted molar refractivity (Wildman–Crippen MR) is 68.4 cm³/mol. The molecule has 0 spiro atoms. The van der Waals surface area contributed by atoms with Gasteiger partial charge in [-0.15, -0.1) is 11.3 Å². The molecule has 0 aliphatic heterocycles. The number of hydrogen-bond acceptors (Lipinski definition) is 5. The van der Waals surface area contributed by atoms with Gasteiger partial charge in [-0.3, -0.25) is 4.79 Å². The molecule has 0 aliphatic rings. The Morgan fingerprint density at radius 2 is 2.00 bits per heavy atom. The summed E-state index contributed by atoms with van der Waals surface area (Å²) in [5.41, 5.74) is 4.82. The molecule has 8 nitrogen and oxygen atoms in total. The Hall–Kier alpha value is -1.65. The van der Waals surface area contributed by atoms with Crippen molar-refractivity contribution in [1.82, 2.24) is 10.0 Å². The van der Waals surface area contributed by atoms with E-state index < -0.39 is 22.0 Å². The molecular formula is C9H13N3O5S2. The molecule has 0 aliphatic carbocycles. The van der Waals surface area contributed by atoms with Crippen molar-refractivity contribution in [2.75, 3.05) is 13.1 Å². The number of thiophene rings is 1. The highest BCUT2D eigenvalue weighted by atomic mass is 32.2. The maximum Gasteiger partial charge on any atom is 0.312 e. The number of sulfonamides is 1. The Balaban J connectivity index is 2.59. The Labute approximate surface area is 113 Å². The summed E-state index contributed by atoms with van der Waals surface area (Å²) in [5.74, 6) is -1.02. The average Bonchev–Trinajstić information content (AvgIpc) is 2.72. The van der Waals surface area contributed by atoms with E-state index in [9.17, 15) is 18.0 Å². The summed E-state index contributed by atoms with van der Waals surface area (Å²) in [6.45, 7) is 0.0688. The molecule has 0 saturated heterocycles. The molecule has 0 atom stereocenters. The molecule has 0 saturated carbocycles. The molecule has 5 N–H and O–H groups in total. The van der Waals surface area contributed by atoms with Crippen molar-refractivity contribution in [2.24, 2.45) is 5.73 Å². The predicted octanol–water partition coefficient (Wildman–Crippen LogP) is -0.678. The van der Waals surface area contributed by atoms with Gasteiger partial charge in [0.15, 0.2) is 0 Å². The zero-order chi connectivity index (χ0) is 14.5. The first-order valence-electron chi connectivity index (χ1n) is 5.15. The highest BCUT2D eigenvalue weighted by molar-refractivity contribution is 7.91. The number of aliphatic carboxylic acids is 1. The molecule has 1 aromatic heterocycles. The number of nitrogens with one attached hydrogen (secondary N) is 2. The fraction of sp³-hybridized carbons (Fsp3) is 0.333. The van der Waals surface area contributed by atoms with Crippen LogP contribution in [0.4, 0.5) is 4.79 Å². The molecule has 1 aromatic rings. The van der Waals surface area contributed by atoms with E-state index in [0.29, 0.717) is 4.88 Å². The van der Waals surface area contributed by atoms with Crippen LogP contribution in [-0.2, 0) is 21.2 Å². The fourth-order valence-corrected chi connectivity index (χ4v) is 3.61. The van der Waals surface area contributed by atoms with E-state index in [0.717, 1.165) is 11.3 Å². The second kappa shape index (κ2) is 6.50. The molecule has 0 aromatic carbocycles. The lowest BCUT2D eigenvalue weighted by Crippen LogP contribution is -2.37. The van der Waals surface area contributed by atoms with Gasteiger partial charge in [-0.05, 0) is 12.1 Å². The van der Waals surface area contributed by atoms with Gasteiger partial charge in [0.2, 0.25) is 10.0 Å². The number of amides is 2. The van der Waals surface area contributed by atoms with Crippen LogP contribution >= 0.6 is 11.3 Å². The van der Waals surface area contributed by atoms with Crippen molar-refractivity contribution in [1.29, 1.82) is 0 Å². The highest BCUT2D eigenvalue weighted by Crippen LogP contribution is 2.21. The summed E-state index contributed by atoms with van der Waals surface area (Å²) in [4.78, 5) is 21.3. The number of nitrogens with two attached hydrogens (primary N) is 1. The smallest absolute Gasteiger partial charge is 0.312 e. The molecule has 19 heavy (non-hydrogen) atoms. The topological polar surface area (TPSA) is 139 Å². The van der Waals surface area contributed by atoms with Crippen LogP contribution in [-0.4, -0.2) is 38.6 Å². The van der Waals surface area contributed by atoms with Gasteiger partial charge in [0.05, 0.1) is 6.42 Å². The van der Waals surface area contributed by atoms with Crippen molar-refractivity contribution < 1.29 is 23.1 Å². The Morgan fingerprint density at radius 3 is 2.58 bits per heavy atom. The standard InChI is InChI=1S/C9H13N3O5S2/c10-9(15)11-3-4-12-19(16,17)8-2-1-6(18-8)5-7(13)14/h1-2,12H,3-5H2,(H,13,14)(H3,10,11,15). The maximum absolute atomic E-state index is 11.8. The second-order valence-corrected chi connectivity index (χ2v) is 6.64. The summed E-state index contributed by atoms with van der Waals surface area (Å²) >= 11 is 0.889. The van der Waals surface area contributed by atoms with E-state index in [2.05, 4.69) is 10.0 Å². The molecule has 0 fully saturated rings. The summed E-state index contributed by atoms with van der Waals surface area (Å²) in [6, 6.07) is 2.06. The summed E-state index contributed by atoms with van der Waals surface area (Å²) in [5, 5.41) is 10.8. The zero-order valence-electron chi connectivity index (χ0n) is 9.75. The Bertz CT molecular complexity index is 566. The average molecular weight is 307 g/mol. The number of carboxylic acid groups (broad SMARTS) is 1. The maximum atomic E-state index is 11.8. The van der Waals surface area contributed by atoms with Gasteiger partial charge in [0.25, 0.3) is 0 Å².